The van der Waals surface area contributed by atoms with Crippen LogP contribution in [0.1, 0.15) is 26.2 Å². The van der Waals surface area contributed by atoms with E-state index in [1.54, 1.807) is 0 Å². The number of nitrogens with zero attached hydrogens (tertiary/aromatic N) is 1. The first-order valence-corrected chi connectivity index (χ1v) is 2.28. The molecule has 0 aromatic carbocycles. The Morgan fingerprint density at radius 1 is 1.57 bits per heavy atom. The van der Waals surface area contributed by atoms with E-state index in [1.807, 2.05) is 0 Å². The van der Waals surface area contributed by atoms with Crippen molar-refractivity contribution in [2.75, 3.05) is 0 Å². The average Bonchev–Trinajstić information content (AvgIpc) is 1.61. The van der Waals surface area contributed by atoms with E-state index in [9.17, 15) is 0 Å². The molecule has 0 heterocycles. The Bertz CT molecular complexity index is 53.6. The summed E-state index contributed by atoms with van der Waals surface area (Å²) in [6.45, 7) is 2.08. The van der Waals surface area contributed by atoms with Gasteiger partial charge in [-0.2, -0.15) is 5.26 Å². The molecule has 0 aliphatic carbocycles. The van der Waals surface area contributed by atoms with E-state index in [1.165, 1.54) is 0 Å². The Morgan fingerprint density at radius 3 is 2.29 bits per heavy atom. The van der Waals surface area contributed by atoms with Crippen molar-refractivity contribution in [3.05, 3.63) is 0 Å². The van der Waals surface area contributed by atoms with Gasteiger partial charge in [-0.3, -0.25) is 0 Å². The Kier molecular flexibility index (Phi) is 12.5. The van der Waals surface area contributed by atoms with Crippen molar-refractivity contribution in [3.8, 4) is 6.07 Å². The highest BCUT2D eigenvalue weighted by Gasteiger charge is 1.74. The van der Waals surface area contributed by atoms with E-state index in [2.05, 4.69) is 13.0 Å². The number of hydrogen-bond donors (Lipinski definition) is 1. The lowest BCUT2D eigenvalue weighted by atomic mass is 10.3. The van der Waals surface area contributed by atoms with Gasteiger partial charge in [0.25, 0.3) is 0 Å². The normalized spacial score (nSPS) is 6.29. The molecular formula is C5H12N2. The van der Waals surface area contributed by atoms with Crippen LogP contribution >= 0.6 is 0 Å². The molecule has 7 heavy (non-hydrogen) atoms. The van der Waals surface area contributed by atoms with Gasteiger partial charge in [-0.25, -0.2) is 0 Å². The van der Waals surface area contributed by atoms with Crippen LogP contribution in [0.5, 0.6) is 0 Å². The maximum atomic E-state index is 7.95. The molecule has 0 bridgehead atoms. The minimum absolute atomic E-state index is 0. The van der Waals surface area contributed by atoms with E-state index < -0.39 is 0 Å². The summed E-state index contributed by atoms with van der Waals surface area (Å²) in [5, 5.41) is 7.95. The van der Waals surface area contributed by atoms with E-state index in [0.717, 1.165) is 19.3 Å². The second-order valence-corrected chi connectivity index (χ2v) is 1.26. The van der Waals surface area contributed by atoms with Crippen LogP contribution in [0, 0.1) is 11.3 Å². The van der Waals surface area contributed by atoms with Crippen LogP contribution in [0.3, 0.4) is 0 Å². The standard InChI is InChI=1S/C5H9N.H3N/c1-2-3-4-5-6;/h2-4H2,1H3;1H3. The SMILES string of the molecule is CCCCC#N.N. The van der Waals surface area contributed by atoms with Crippen LogP contribution in [-0.4, -0.2) is 0 Å². The zero-order chi connectivity index (χ0) is 4.83. The zero-order valence-corrected chi connectivity index (χ0v) is 4.78. The Balaban J connectivity index is 0. The summed E-state index contributed by atoms with van der Waals surface area (Å²) in [6.07, 6.45) is 2.90. The summed E-state index contributed by atoms with van der Waals surface area (Å²) in [5.41, 5.74) is 0. The molecule has 0 amide bonds. The molecule has 2 heteroatoms. The predicted octanol–water partition coefficient (Wildman–Crippen LogP) is 1.86. The molecule has 0 fully saturated rings. The van der Waals surface area contributed by atoms with Gasteiger partial charge in [0.15, 0.2) is 0 Å². The highest BCUT2D eigenvalue weighted by Crippen LogP contribution is 1.88. The van der Waals surface area contributed by atoms with Crippen molar-refractivity contribution in [1.82, 2.24) is 6.15 Å². The quantitative estimate of drug-likeness (QED) is 0.538. The predicted molar refractivity (Wildman–Crippen MR) is 30.2 cm³/mol. The summed E-state index contributed by atoms with van der Waals surface area (Å²) in [6, 6.07) is 2.07. The van der Waals surface area contributed by atoms with Gasteiger partial charge in [-0.05, 0) is 6.42 Å². The fourth-order valence-corrected chi connectivity index (χ4v) is 0.256. The number of nitriles is 1. The van der Waals surface area contributed by atoms with E-state index in [4.69, 9.17) is 5.26 Å². The molecule has 0 saturated heterocycles. The van der Waals surface area contributed by atoms with Crippen molar-refractivity contribution in [2.24, 2.45) is 0 Å². The van der Waals surface area contributed by atoms with E-state index in [0.29, 0.717) is 0 Å². The van der Waals surface area contributed by atoms with Gasteiger partial charge < -0.3 is 6.15 Å². The van der Waals surface area contributed by atoms with Crippen molar-refractivity contribution in [2.45, 2.75) is 26.2 Å². The van der Waals surface area contributed by atoms with Gasteiger partial charge in [-0.15, -0.1) is 0 Å². The monoisotopic (exact) mass is 100 g/mol. The van der Waals surface area contributed by atoms with Crippen molar-refractivity contribution >= 4 is 0 Å². The van der Waals surface area contributed by atoms with Crippen LogP contribution in [-0.2, 0) is 0 Å². The molecule has 0 aliphatic rings. The minimum Gasteiger partial charge on any atom is -0.344 e. The van der Waals surface area contributed by atoms with Gasteiger partial charge in [-0.1, -0.05) is 13.3 Å². The van der Waals surface area contributed by atoms with Gasteiger partial charge >= 0.3 is 0 Å². The molecule has 0 unspecified atom stereocenters. The Hall–Kier alpha value is -0.550. The fraction of sp³-hybridized carbons (Fsp3) is 0.800. The molecule has 0 aromatic heterocycles. The molecule has 0 aliphatic heterocycles. The largest absolute Gasteiger partial charge is 0.344 e. The van der Waals surface area contributed by atoms with Gasteiger partial charge in [0, 0.05) is 6.42 Å². The maximum absolute atomic E-state index is 7.95. The number of unbranched alkanes of at least 4 members (excludes halogenated alkanes) is 2. The molecule has 0 saturated carbocycles. The number of rotatable bonds is 2. The second kappa shape index (κ2) is 9.07. The third-order valence-electron chi connectivity index (χ3n) is 0.642. The molecule has 0 aromatic rings. The molecule has 0 atom stereocenters. The second-order valence-electron chi connectivity index (χ2n) is 1.26. The summed E-state index contributed by atoms with van der Waals surface area (Å²) in [5.74, 6) is 0. The van der Waals surface area contributed by atoms with Crippen LogP contribution in [0.4, 0.5) is 0 Å². The highest BCUT2D eigenvalue weighted by atomic mass is 14.2. The fourth-order valence-electron chi connectivity index (χ4n) is 0.256. The van der Waals surface area contributed by atoms with Crippen molar-refractivity contribution in [1.29, 1.82) is 5.26 Å². The first-order valence-electron chi connectivity index (χ1n) is 2.28. The molecule has 0 radical (unpaired) electrons. The van der Waals surface area contributed by atoms with Gasteiger partial charge in [0.1, 0.15) is 0 Å². The summed E-state index contributed by atoms with van der Waals surface area (Å²) in [7, 11) is 0. The molecular weight excluding hydrogens is 88.1 g/mol. The zero-order valence-electron chi connectivity index (χ0n) is 4.78. The Morgan fingerprint density at radius 2 is 2.14 bits per heavy atom. The third kappa shape index (κ3) is 10.8. The maximum Gasteiger partial charge on any atom is 0.0621 e. The van der Waals surface area contributed by atoms with Crippen molar-refractivity contribution in [3.63, 3.8) is 0 Å². The van der Waals surface area contributed by atoms with Gasteiger partial charge in [0.2, 0.25) is 0 Å². The molecule has 0 rings (SSSR count). The lowest BCUT2D eigenvalue weighted by Crippen LogP contribution is -1.62. The third-order valence-corrected chi connectivity index (χ3v) is 0.642. The van der Waals surface area contributed by atoms with Crippen LogP contribution < -0.4 is 6.15 Å². The topological polar surface area (TPSA) is 58.8 Å². The Labute approximate surface area is 44.7 Å². The molecule has 2 nitrogen and oxygen atoms in total. The molecule has 0 spiro atoms. The summed E-state index contributed by atoms with van der Waals surface area (Å²) < 4.78 is 0. The lowest BCUT2D eigenvalue weighted by molar-refractivity contribution is 0.822. The van der Waals surface area contributed by atoms with E-state index >= 15 is 0 Å². The minimum atomic E-state index is 0. The molecule has 42 valence electrons. The number of hydrogen-bond acceptors (Lipinski definition) is 2. The summed E-state index contributed by atoms with van der Waals surface area (Å²) in [4.78, 5) is 0. The lowest BCUT2D eigenvalue weighted by Gasteiger charge is -1.77. The smallest absolute Gasteiger partial charge is 0.0621 e. The van der Waals surface area contributed by atoms with Crippen LogP contribution in [0.15, 0.2) is 0 Å². The van der Waals surface area contributed by atoms with Gasteiger partial charge in [0.05, 0.1) is 6.07 Å². The van der Waals surface area contributed by atoms with Crippen LogP contribution in [0.2, 0.25) is 0 Å². The summed E-state index contributed by atoms with van der Waals surface area (Å²) >= 11 is 0. The highest BCUT2D eigenvalue weighted by molar-refractivity contribution is 4.66. The van der Waals surface area contributed by atoms with E-state index in [-0.39, 0.29) is 6.15 Å². The van der Waals surface area contributed by atoms with Crippen molar-refractivity contribution < 1.29 is 0 Å². The van der Waals surface area contributed by atoms with Crippen LogP contribution in [0.25, 0.3) is 0 Å². The first kappa shape index (κ1) is 9.67. The average molecular weight is 100 g/mol. The molecule has 3 N–H and O–H groups in total. The first-order chi connectivity index (χ1) is 2.91.